The van der Waals surface area contributed by atoms with E-state index in [9.17, 15) is 28.8 Å². The van der Waals surface area contributed by atoms with Gasteiger partial charge in [0.15, 0.2) is 0 Å². The molecule has 0 aliphatic heterocycles. The van der Waals surface area contributed by atoms with Gasteiger partial charge in [-0.15, -0.1) is 0 Å². The Morgan fingerprint density at radius 2 is 0.583 bits per heavy atom. The molecule has 2 unspecified atom stereocenters. The lowest BCUT2D eigenvalue weighted by Gasteiger charge is -2.17. The van der Waals surface area contributed by atoms with Gasteiger partial charge in [-0.1, -0.05) is 223 Å². The molecule has 2 amide bonds. The summed E-state index contributed by atoms with van der Waals surface area (Å²) in [5.74, 6) is -1.42. The van der Waals surface area contributed by atoms with Crippen molar-refractivity contribution in [2.45, 2.75) is 167 Å². The number of rotatable bonds is 41. The van der Waals surface area contributed by atoms with Crippen molar-refractivity contribution in [1.29, 1.82) is 0 Å². The largest absolute Gasteiger partial charge is 0.494 e. The van der Waals surface area contributed by atoms with Crippen molar-refractivity contribution >= 4 is 35.7 Å². The summed E-state index contributed by atoms with van der Waals surface area (Å²) in [6.07, 6.45) is 15.8. The van der Waals surface area contributed by atoms with E-state index < -0.39 is 36.0 Å². The second kappa shape index (κ2) is 39.3. The highest BCUT2D eigenvalue weighted by molar-refractivity contribution is 5.89. The van der Waals surface area contributed by atoms with Crippen molar-refractivity contribution < 1.29 is 57.2 Å². The number of nitrogens with one attached hydrogen (secondary N) is 2. The summed E-state index contributed by atoms with van der Waals surface area (Å²) in [5, 5.41) is 5.44. The first-order valence-corrected chi connectivity index (χ1v) is 30.0. The Morgan fingerprint density at radius 3 is 0.893 bits per heavy atom. The molecule has 6 rings (SSSR count). The highest BCUT2D eigenvalue weighted by Crippen LogP contribution is 2.25. The summed E-state index contributed by atoms with van der Waals surface area (Å²) in [4.78, 5) is 77.2. The predicted molar refractivity (Wildman–Crippen MR) is 324 cm³/mol. The zero-order valence-electron chi connectivity index (χ0n) is 48.6. The SMILES string of the molecule is O=C(CCCCCCCCCCOc1ccc(-c2ccc(OCCCCCCCCCCC(=O)NC(CC(=O)OCc3ccccc3)C(=O)OCc3ccccc3)cc2)cc1)NC(CC(=O)OCc1ccccc1)C(=O)OCc1ccccc1. The Bertz CT molecular complexity index is 2620. The zero-order valence-corrected chi connectivity index (χ0v) is 48.6. The molecule has 0 aliphatic carbocycles. The maximum atomic E-state index is 13.0. The normalized spacial score (nSPS) is 11.6. The number of ether oxygens (including phenoxy) is 6. The smallest absolute Gasteiger partial charge is 0.329 e. The highest BCUT2D eigenvalue weighted by Gasteiger charge is 2.28. The maximum Gasteiger partial charge on any atom is 0.329 e. The summed E-state index contributed by atoms with van der Waals surface area (Å²) in [7, 11) is 0. The van der Waals surface area contributed by atoms with Gasteiger partial charge in [-0.2, -0.15) is 0 Å². The fourth-order valence-corrected chi connectivity index (χ4v) is 9.27. The Labute approximate surface area is 496 Å². The Hall–Kier alpha value is -8.26. The van der Waals surface area contributed by atoms with Gasteiger partial charge in [0.1, 0.15) is 50.0 Å². The molecular formula is C70H84N2O12. The van der Waals surface area contributed by atoms with Crippen LogP contribution in [-0.2, 0) is 74.1 Å². The number of hydrogen-bond acceptors (Lipinski definition) is 12. The van der Waals surface area contributed by atoms with Crippen LogP contribution in [0.4, 0.5) is 0 Å². The fraction of sp³-hybridized carbons (Fsp3) is 0.400. The number of benzene rings is 6. The Morgan fingerprint density at radius 1 is 0.310 bits per heavy atom. The van der Waals surface area contributed by atoms with Gasteiger partial charge in [0.2, 0.25) is 11.8 Å². The number of unbranched alkanes of at least 4 members (excludes halogenated alkanes) is 14. The standard InChI is InChI=1S/C70H84N2O12/c73-65(71-63(69(77)83-53-57-33-21-15-22-34-57)49-67(75)81-51-55-29-17-13-18-30-55)37-25-9-5-1-3-7-11-27-47-79-61-43-39-59(40-44-61)60-41-45-62(46-42-60)80-48-28-12-8-4-2-6-10-26-38-66(74)72-64(70(78)84-54-58-35-23-16-24-36-58)50-68(76)82-52-56-31-19-14-20-32-56/h13-24,29-36,39-46,63-64H,1-12,25-28,37-38,47-54H2,(H,71,73)(H,72,74). The van der Waals surface area contributed by atoms with Crippen LogP contribution in [0.2, 0.25) is 0 Å². The molecular weight excluding hydrogens is 1060 g/mol. The van der Waals surface area contributed by atoms with E-state index in [-0.39, 0.29) is 63.9 Å². The van der Waals surface area contributed by atoms with Crippen LogP contribution < -0.4 is 20.1 Å². The third-order valence-electron chi connectivity index (χ3n) is 14.1. The molecule has 0 spiro atoms. The average molecular weight is 1150 g/mol. The van der Waals surface area contributed by atoms with Crippen molar-refractivity contribution in [1.82, 2.24) is 10.6 Å². The molecule has 0 aromatic heterocycles. The summed E-state index contributed by atoms with van der Waals surface area (Å²) in [5.41, 5.74) is 5.49. The fourth-order valence-electron chi connectivity index (χ4n) is 9.27. The number of esters is 4. The number of carbonyl (C=O) groups excluding carboxylic acids is 6. The third kappa shape index (κ3) is 27.2. The summed E-state index contributed by atoms with van der Waals surface area (Å²) in [6.45, 7) is 1.55. The van der Waals surface area contributed by atoms with Crippen molar-refractivity contribution in [2.75, 3.05) is 13.2 Å². The molecule has 6 aromatic rings. The summed E-state index contributed by atoms with van der Waals surface area (Å²) >= 11 is 0. The quantitative estimate of drug-likeness (QED) is 0.0211. The highest BCUT2D eigenvalue weighted by atomic mass is 16.5. The van der Waals surface area contributed by atoms with E-state index in [0.717, 1.165) is 135 Å². The topological polar surface area (TPSA) is 182 Å². The first kappa shape index (κ1) is 64.9. The molecule has 2 atom stereocenters. The van der Waals surface area contributed by atoms with Crippen LogP contribution >= 0.6 is 0 Å². The second-order valence-electron chi connectivity index (χ2n) is 21.0. The molecule has 84 heavy (non-hydrogen) atoms. The molecule has 446 valence electrons. The summed E-state index contributed by atoms with van der Waals surface area (Å²) in [6, 6.07) is 51.2. The molecule has 2 N–H and O–H groups in total. The van der Waals surface area contributed by atoms with Gasteiger partial charge in [0.25, 0.3) is 0 Å². The van der Waals surface area contributed by atoms with Crippen LogP contribution in [0, 0.1) is 0 Å². The van der Waals surface area contributed by atoms with Crippen molar-refractivity contribution in [3.05, 3.63) is 192 Å². The van der Waals surface area contributed by atoms with Gasteiger partial charge in [-0.05, 0) is 83.3 Å². The van der Waals surface area contributed by atoms with Crippen LogP contribution in [0.25, 0.3) is 11.1 Å². The minimum absolute atomic E-state index is 0.0382. The van der Waals surface area contributed by atoms with Gasteiger partial charge in [0.05, 0.1) is 26.1 Å². The molecule has 14 nitrogen and oxygen atoms in total. The third-order valence-corrected chi connectivity index (χ3v) is 14.1. The average Bonchev–Trinajstić information content (AvgIpc) is 3.65. The van der Waals surface area contributed by atoms with E-state index in [0.29, 0.717) is 26.1 Å². The minimum atomic E-state index is -1.14. The molecule has 0 saturated carbocycles. The van der Waals surface area contributed by atoms with Crippen molar-refractivity contribution in [2.24, 2.45) is 0 Å². The van der Waals surface area contributed by atoms with Gasteiger partial charge in [-0.25, -0.2) is 9.59 Å². The minimum Gasteiger partial charge on any atom is -0.494 e. The van der Waals surface area contributed by atoms with Crippen molar-refractivity contribution in [3.63, 3.8) is 0 Å². The molecule has 0 aliphatic rings. The number of amides is 2. The van der Waals surface area contributed by atoms with Gasteiger partial charge in [-0.3, -0.25) is 19.2 Å². The zero-order chi connectivity index (χ0) is 59.1. The van der Waals surface area contributed by atoms with Crippen LogP contribution in [0.3, 0.4) is 0 Å². The van der Waals surface area contributed by atoms with Gasteiger partial charge in [0, 0.05) is 12.8 Å². The summed E-state index contributed by atoms with van der Waals surface area (Å²) < 4.78 is 33.8. The van der Waals surface area contributed by atoms with E-state index in [1.54, 1.807) is 0 Å². The number of carbonyl (C=O) groups is 6. The maximum absolute atomic E-state index is 13.0. The molecule has 0 radical (unpaired) electrons. The molecule has 0 bridgehead atoms. The van der Waals surface area contributed by atoms with Crippen LogP contribution in [-0.4, -0.2) is 61.0 Å². The first-order chi connectivity index (χ1) is 41.2. The van der Waals surface area contributed by atoms with E-state index in [1.807, 2.05) is 146 Å². The van der Waals surface area contributed by atoms with E-state index in [4.69, 9.17) is 28.4 Å². The lowest BCUT2D eigenvalue weighted by Crippen LogP contribution is -2.43. The Kier molecular flexibility index (Phi) is 30.3. The lowest BCUT2D eigenvalue weighted by molar-refractivity contribution is -0.155. The van der Waals surface area contributed by atoms with Crippen LogP contribution in [0.15, 0.2) is 170 Å². The molecule has 6 aromatic carbocycles. The molecule has 0 heterocycles. The second-order valence-corrected chi connectivity index (χ2v) is 21.0. The van der Waals surface area contributed by atoms with Crippen LogP contribution in [0.5, 0.6) is 11.5 Å². The van der Waals surface area contributed by atoms with Gasteiger partial charge >= 0.3 is 23.9 Å². The number of hydrogen-bond donors (Lipinski definition) is 2. The molecule has 0 saturated heterocycles. The predicted octanol–water partition coefficient (Wildman–Crippen LogP) is 13.9. The van der Waals surface area contributed by atoms with E-state index in [2.05, 4.69) is 34.9 Å². The van der Waals surface area contributed by atoms with Gasteiger partial charge < -0.3 is 39.1 Å². The Balaban J connectivity index is 0.742. The van der Waals surface area contributed by atoms with E-state index in [1.165, 1.54) is 0 Å². The molecule has 0 fully saturated rings. The van der Waals surface area contributed by atoms with E-state index >= 15 is 0 Å². The van der Waals surface area contributed by atoms with Crippen molar-refractivity contribution in [3.8, 4) is 22.6 Å². The molecule has 14 heteroatoms. The first-order valence-electron chi connectivity index (χ1n) is 30.0. The van der Waals surface area contributed by atoms with Crippen LogP contribution in [0.1, 0.15) is 151 Å². The monoisotopic (exact) mass is 1140 g/mol. The lowest BCUT2D eigenvalue weighted by atomic mass is 10.1.